The number of nitrogens with zero attached hydrogens (tertiary/aromatic N) is 1. The second-order valence-corrected chi connectivity index (χ2v) is 2.46. The molecule has 0 N–H and O–H groups in total. The second-order valence-electron chi connectivity index (χ2n) is 2.05. The van der Waals surface area contributed by atoms with E-state index in [9.17, 15) is 8.78 Å². The lowest BCUT2D eigenvalue weighted by atomic mass is 10.3. The minimum absolute atomic E-state index is 0.0502. The molecule has 1 heterocycles. The predicted molar refractivity (Wildman–Crippen MR) is 40.8 cm³/mol. The topological polar surface area (TPSA) is 22.1 Å². The van der Waals surface area contributed by atoms with Gasteiger partial charge in [-0.1, -0.05) is 11.6 Å². The van der Waals surface area contributed by atoms with Gasteiger partial charge in [-0.15, -0.1) is 0 Å². The minimum atomic E-state index is -2.60. The Morgan fingerprint density at radius 3 is 2.75 bits per heavy atom. The molecule has 5 heteroatoms. The normalized spacial score (nSPS) is 10.4. The summed E-state index contributed by atoms with van der Waals surface area (Å²) in [5, 5.41) is -0.0502. The molecule has 0 aromatic carbocycles. The summed E-state index contributed by atoms with van der Waals surface area (Å²) < 4.78 is 29.0. The molecule has 0 bridgehead atoms. The minimum Gasteiger partial charge on any atom is -0.481 e. The van der Waals surface area contributed by atoms with E-state index in [4.69, 9.17) is 11.6 Å². The van der Waals surface area contributed by atoms with Gasteiger partial charge in [0.1, 0.15) is 0 Å². The Morgan fingerprint density at radius 1 is 1.58 bits per heavy atom. The van der Waals surface area contributed by atoms with Gasteiger partial charge in [0.05, 0.1) is 12.1 Å². The van der Waals surface area contributed by atoms with Crippen LogP contribution >= 0.6 is 11.6 Å². The van der Waals surface area contributed by atoms with Crippen LogP contribution in [-0.2, 0) is 0 Å². The van der Waals surface area contributed by atoms with Crippen molar-refractivity contribution in [2.45, 2.75) is 6.43 Å². The van der Waals surface area contributed by atoms with Gasteiger partial charge in [0.15, 0.2) is 0 Å². The van der Waals surface area contributed by atoms with Crippen LogP contribution in [0.15, 0.2) is 12.3 Å². The van der Waals surface area contributed by atoms with Crippen LogP contribution in [-0.4, -0.2) is 12.1 Å². The van der Waals surface area contributed by atoms with Gasteiger partial charge < -0.3 is 4.74 Å². The fourth-order valence-electron chi connectivity index (χ4n) is 0.713. The molecule has 0 saturated carbocycles. The van der Waals surface area contributed by atoms with Crippen molar-refractivity contribution in [3.8, 4) is 5.88 Å². The summed E-state index contributed by atoms with van der Waals surface area (Å²) >= 11 is 5.45. The molecule has 0 radical (unpaired) electrons. The highest BCUT2D eigenvalue weighted by molar-refractivity contribution is 6.31. The number of methoxy groups -OCH3 is 1. The molecule has 1 aromatic rings. The van der Waals surface area contributed by atoms with Crippen LogP contribution in [0.4, 0.5) is 8.78 Å². The fourth-order valence-corrected chi connectivity index (χ4v) is 0.899. The summed E-state index contributed by atoms with van der Waals surface area (Å²) in [7, 11) is 1.35. The Bertz CT molecular complexity index is 280. The summed E-state index contributed by atoms with van der Waals surface area (Å²) in [6.07, 6.45) is -1.46. The third-order valence-electron chi connectivity index (χ3n) is 1.30. The summed E-state index contributed by atoms with van der Waals surface area (Å²) in [6.45, 7) is 0. The highest BCUT2D eigenvalue weighted by Crippen LogP contribution is 2.28. The monoisotopic (exact) mass is 193 g/mol. The average molecular weight is 194 g/mol. The zero-order valence-corrected chi connectivity index (χ0v) is 6.98. The fraction of sp³-hybridized carbons (Fsp3) is 0.286. The van der Waals surface area contributed by atoms with E-state index < -0.39 is 6.43 Å². The molecule has 0 amide bonds. The lowest BCUT2D eigenvalue weighted by molar-refractivity contribution is 0.151. The Balaban J connectivity index is 3.08. The molecule has 0 unspecified atom stereocenters. The first-order valence-corrected chi connectivity index (χ1v) is 3.50. The third kappa shape index (κ3) is 1.82. The van der Waals surface area contributed by atoms with E-state index in [1.54, 1.807) is 0 Å². The lowest BCUT2D eigenvalue weighted by Crippen LogP contribution is -1.92. The molecule has 1 rings (SSSR count). The molecule has 0 spiro atoms. The van der Waals surface area contributed by atoms with Gasteiger partial charge in [-0.3, -0.25) is 0 Å². The van der Waals surface area contributed by atoms with E-state index in [1.165, 1.54) is 7.11 Å². The molecule has 0 fully saturated rings. The first-order valence-electron chi connectivity index (χ1n) is 3.12. The van der Waals surface area contributed by atoms with Crippen molar-refractivity contribution >= 4 is 11.6 Å². The molecule has 0 atom stereocenters. The second kappa shape index (κ2) is 3.67. The number of aromatic nitrogens is 1. The van der Waals surface area contributed by atoms with Gasteiger partial charge in [0.25, 0.3) is 6.43 Å². The van der Waals surface area contributed by atoms with Gasteiger partial charge in [-0.05, 0) is 0 Å². The maximum absolute atomic E-state index is 12.2. The van der Waals surface area contributed by atoms with E-state index in [1.807, 2.05) is 0 Å². The van der Waals surface area contributed by atoms with E-state index in [-0.39, 0.29) is 16.5 Å². The molecule has 1 aromatic heterocycles. The molecule has 0 saturated heterocycles. The summed E-state index contributed by atoms with van der Waals surface area (Å²) in [5.74, 6) is 0.134. The number of ether oxygens (including phenoxy) is 1. The maximum Gasteiger partial charge on any atom is 0.265 e. The van der Waals surface area contributed by atoms with Gasteiger partial charge in [0.2, 0.25) is 5.88 Å². The number of alkyl halides is 2. The van der Waals surface area contributed by atoms with Crippen LogP contribution in [0.25, 0.3) is 0 Å². The molecular weight excluding hydrogens is 188 g/mol. The van der Waals surface area contributed by atoms with Crippen molar-refractivity contribution in [2.75, 3.05) is 7.11 Å². The molecule has 2 nitrogen and oxygen atoms in total. The molecule has 0 aliphatic heterocycles. The number of hydrogen-bond acceptors (Lipinski definition) is 2. The van der Waals surface area contributed by atoms with Gasteiger partial charge in [-0.2, -0.15) is 0 Å². The number of pyridine rings is 1. The van der Waals surface area contributed by atoms with Gasteiger partial charge in [0, 0.05) is 17.8 Å². The van der Waals surface area contributed by atoms with Crippen LogP contribution in [0, 0.1) is 0 Å². The van der Waals surface area contributed by atoms with Crippen LogP contribution in [0.3, 0.4) is 0 Å². The van der Waals surface area contributed by atoms with Crippen LogP contribution in [0.5, 0.6) is 5.88 Å². The van der Waals surface area contributed by atoms with Crippen molar-refractivity contribution in [1.82, 2.24) is 4.98 Å². The standard InChI is InChI=1S/C7H6ClF2NO/c1-12-6-2-4(7(9)10)5(8)3-11-6/h2-3,7H,1H3. The SMILES string of the molecule is COc1cc(C(F)F)c(Cl)cn1. The summed E-state index contributed by atoms with van der Waals surface area (Å²) in [6, 6.07) is 1.12. The molecule has 12 heavy (non-hydrogen) atoms. The summed E-state index contributed by atoms with van der Waals surface area (Å²) in [4.78, 5) is 3.65. The van der Waals surface area contributed by atoms with Crippen molar-refractivity contribution in [2.24, 2.45) is 0 Å². The molecule has 0 aliphatic carbocycles. The number of halogens is 3. The van der Waals surface area contributed by atoms with Gasteiger partial charge >= 0.3 is 0 Å². The van der Waals surface area contributed by atoms with Crippen LogP contribution < -0.4 is 4.74 Å². The Hall–Kier alpha value is -0.900. The molecule has 0 aliphatic rings. The van der Waals surface area contributed by atoms with Gasteiger partial charge in [-0.25, -0.2) is 13.8 Å². The Morgan fingerprint density at radius 2 is 2.25 bits per heavy atom. The highest BCUT2D eigenvalue weighted by atomic mass is 35.5. The Labute approximate surface area is 73.1 Å². The van der Waals surface area contributed by atoms with Crippen molar-refractivity contribution in [3.63, 3.8) is 0 Å². The molecule has 66 valence electrons. The Kier molecular flexibility index (Phi) is 2.81. The summed E-state index contributed by atoms with van der Waals surface area (Å²) in [5.41, 5.74) is -0.261. The predicted octanol–water partition coefficient (Wildman–Crippen LogP) is 2.68. The molecular formula is C7H6ClF2NO. The van der Waals surface area contributed by atoms with Crippen molar-refractivity contribution in [3.05, 3.63) is 22.8 Å². The van der Waals surface area contributed by atoms with Crippen LogP contribution in [0.1, 0.15) is 12.0 Å². The zero-order chi connectivity index (χ0) is 9.14. The van der Waals surface area contributed by atoms with E-state index in [0.29, 0.717) is 0 Å². The van der Waals surface area contributed by atoms with Crippen molar-refractivity contribution in [1.29, 1.82) is 0 Å². The first-order chi connectivity index (χ1) is 5.65. The van der Waals surface area contributed by atoms with Crippen molar-refractivity contribution < 1.29 is 13.5 Å². The quantitative estimate of drug-likeness (QED) is 0.721. The van der Waals surface area contributed by atoms with E-state index in [0.717, 1.165) is 12.3 Å². The highest BCUT2D eigenvalue weighted by Gasteiger charge is 2.13. The number of rotatable bonds is 2. The van der Waals surface area contributed by atoms with E-state index in [2.05, 4.69) is 9.72 Å². The van der Waals surface area contributed by atoms with Crippen LogP contribution in [0.2, 0.25) is 5.02 Å². The lowest BCUT2D eigenvalue weighted by Gasteiger charge is -2.03. The largest absolute Gasteiger partial charge is 0.481 e. The first kappa shape index (κ1) is 9.19. The smallest absolute Gasteiger partial charge is 0.265 e. The van der Waals surface area contributed by atoms with E-state index >= 15 is 0 Å². The average Bonchev–Trinajstić information content (AvgIpc) is 2.05. The zero-order valence-electron chi connectivity index (χ0n) is 6.22. The number of hydrogen-bond donors (Lipinski definition) is 0. The maximum atomic E-state index is 12.2. The third-order valence-corrected chi connectivity index (χ3v) is 1.62.